The molecule has 4 rings (SSSR count). The van der Waals surface area contributed by atoms with Crippen LogP contribution in [0.15, 0.2) is 77.0 Å². The van der Waals surface area contributed by atoms with Crippen LogP contribution in [0.4, 0.5) is 17.2 Å². The van der Waals surface area contributed by atoms with Crippen LogP contribution < -0.4 is 5.32 Å². The molecule has 0 saturated carbocycles. The molecule has 2 aromatic carbocycles. The molecule has 32 heavy (non-hydrogen) atoms. The van der Waals surface area contributed by atoms with Crippen molar-refractivity contribution in [1.82, 2.24) is 15.0 Å². The molecule has 0 radical (unpaired) electrons. The number of pyridine rings is 1. The van der Waals surface area contributed by atoms with Gasteiger partial charge in [-0.1, -0.05) is 36.0 Å². The van der Waals surface area contributed by atoms with Crippen molar-refractivity contribution in [3.05, 3.63) is 82.8 Å². The molecule has 0 aliphatic carbocycles. The lowest BCUT2D eigenvalue weighted by Crippen LogP contribution is -2.06. The van der Waals surface area contributed by atoms with Gasteiger partial charge in [0.2, 0.25) is 5.82 Å². The number of fused-ring (bicyclic) bond motifs is 1. The van der Waals surface area contributed by atoms with Gasteiger partial charge < -0.3 is 10.1 Å². The number of para-hydroxylation sites is 1. The molecule has 1 N–H and O–H groups in total. The summed E-state index contributed by atoms with van der Waals surface area (Å²) < 4.78 is 5.01. The van der Waals surface area contributed by atoms with E-state index in [0.29, 0.717) is 11.3 Å². The van der Waals surface area contributed by atoms with Gasteiger partial charge in [0.1, 0.15) is 6.33 Å². The molecule has 0 spiro atoms. The number of anilines is 2. The van der Waals surface area contributed by atoms with Crippen molar-refractivity contribution in [2.45, 2.75) is 16.8 Å². The molecule has 0 fully saturated rings. The Morgan fingerprint density at radius 2 is 1.94 bits per heavy atom. The predicted octanol–water partition coefficient (Wildman–Crippen LogP) is 5.00. The molecule has 160 valence electrons. The first-order valence-electron chi connectivity index (χ1n) is 9.62. The highest BCUT2D eigenvalue weighted by atomic mass is 32.2. The summed E-state index contributed by atoms with van der Waals surface area (Å²) in [5, 5.41) is 15.9. The van der Waals surface area contributed by atoms with Crippen LogP contribution in [-0.4, -0.2) is 32.5 Å². The molecule has 0 saturated heterocycles. The molecule has 0 atom stereocenters. The van der Waals surface area contributed by atoms with Crippen molar-refractivity contribution in [2.24, 2.45) is 0 Å². The fraction of sp³-hybridized carbons (Fsp3) is 0.0909. The SMILES string of the molecule is CCOC(=O)c1cccc(Nc2ncnc(Sc3cccc4cccnc34)c2[N+](=O)[O-])c1. The average Bonchev–Trinajstić information content (AvgIpc) is 2.80. The number of hydrogen-bond donors (Lipinski definition) is 1. The molecule has 2 aromatic heterocycles. The van der Waals surface area contributed by atoms with Gasteiger partial charge in [0.15, 0.2) is 5.03 Å². The average molecular weight is 447 g/mol. The van der Waals surface area contributed by atoms with Gasteiger partial charge in [-0.2, -0.15) is 0 Å². The standard InChI is InChI=1S/C22H17N5O4S/c1-2-31-22(28)15-7-3-9-16(12-15)26-20-19(27(29)30)21(25-13-24-20)32-17-10-4-6-14-8-5-11-23-18(14)17/h3-13H,2H2,1H3,(H,24,25,26). The van der Waals surface area contributed by atoms with E-state index in [1.54, 1.807) is 37.4 Å². The molecule has 4 aromatic rings. The molecule has 0 bridgehead atoms. The molecule has 10 heteroatoms. The highest BCUT2D eigenvalue weighted by Gasteiger charge is 2.25. The molecule has 0 unspecified atom stereocenters. The zero-order chi connectivity index (χ0) is 22.5. The van der Waals surface area contributed by atoms with E-state index in [2.05, 4.69) is 20.3 Å². The summed E-state index contributed by atoms with van der Waals surface area (Å²) in [6.07, 6.45) is 2.93. The van der Waals surface area contributed by atoms with Crippen LogP contribution in [0, 0.1) is 10.1 Å². The third-order valence-electron chi connectivity index (χ3n) is 4.41. The summed E-state index contributed by atoms with van der Waals surface area (Å²) in [6, 6.07) is 15.8. The zero-order valence-corrected chi connectivity index (χ0v) is 17.7. The highest BCUT2D eigenvalue weighted by molar-refractivity contribution is 7.99. The largest absolute Gasteiger partial charge is 0.462 e. The zero-order valence-electron chi connectivity index (χ0n) is 16.9. The lowest BCUT2D eigenvalue weighted by Gasteiger charge is -2.10. The number of nitrogens with one attached hydrogen (secondary N) is 1. The molecule has 9 nitrogen and oxygen atoms in total. The maximum absolute atomic E-state index is 12.0. The molecular weight excluding hydrogens is 430 g/mol. The monoisotopic (exact) mass is 447 g/mol. The van der Waals surface area contributed by atoms with Gasteiger partial charge >= 0.3 is 11.7 Å². The Morgan fingerprint density at radius 1 is 1.12 bits per heavy atom. The summed E-state index contributed by atoms with van der Waals surface area (Å²) in [4.78, 5) is 36.7. The fourth-order valence-corrected chi connectivity index (χ4v) is 4.02. The molecule has 0 aliphatic rings. The van der Waals surface area contributed by atoms with Crippen molar-refractivity contribution in [3.8, 4) is 0 Å². The molecule has 2 heterocycles. The maximum Gasteiger partial charge on any atom is 0.343 e. The first-order valence-corrected chi connectivity index (χ1v) is 10.4. The number of ether oxygens (including phenoxy) is 1. The van der Waals surface area contributed by atoms with Crippen molar-refractivity contribution in [2.75, 3.05) is 11.9 Å². The van der Waals surface area contributed by atoms with Crippen LogP contribution in [0.3, 0.4) is 0 Å². The Labute approximate surface area is 187 Å². The molecule has 0 aliphatic heterocycles. The van der Waals surface area contributed by atoms with Gasteiger partial charge in [0.25, 0.3) is 0 Å². The number of nitro groups is 1. The van der Waals surface area contributed by atoms with Crippen LogP contribution in [0.1, 0.15) is 17.3 Å². The number of carbonyl (C=O) groups is 1. The van der Waals surface area contributed by atoms with Crippen molar-refractivity contribution >= 4 is 45.8 Å². The number of nitrogens with zero attached hydrogens (tertiary/aromatic N) is 4. The van der Waals surface area contributed by atoms with E-state index in [1.807, 2.05) is 30.3 Å². The number of benzene rings is 2. The van der Waals surface area contributed by atoms with E-state index in [9.17, 15) is 14.9 Å². The second-order valence-electron chi connectivity index (χ2n) is 6.49. The third-order valence-corrected chi connectivity index (χ3v) is 5.45. The number of hydrogen-bond acceptors (Lipinski definition) is 9. The Hall–Kier alpha value is -4.05. The number of aromatic nitrogens is 3. The molecule has 0 amide bonds. The summed E-state index contributed by atoms with van der Waals surface area (Å²) >= 11 is 1.14. The first kappa shape index (κ1) is 21.2. The highest BCUT2D eigenvalue weighted by Crippen LogP contribution is 2.39. The fourth-order valence-electron chi connectivity index (χ4n) is 3.03. The van der Waals surface area contributed by atoms with Crippen LogP contribution in [0.5, 0.6) is 0 Å². The van der Waals surface area contributed by atoms with Crippen LogP contribution in [-0.2, 0) is 4.74 Å². The van der Waals surface area contributed by atoms with Gasteiger partial charge in [-0.25, -0.2) is 14.8 Å². The summed E-state index contributed by atoms with van der Waals surface area (Å²) in [5.41, 5.74) is 1.24. The lowest BCUT2D eigenvalue weighted by molar-refractivity contribution is -0.387. The van der Waals surface area contributed by atoms with E-state index >= 15 is 0 Å². The van der Waals surface area contributed by atoms with Crippen LogP contribution >= 0.6 is 11.8 Å². The van der Waals surface area contributed by atoms with Crippen molar-refractivity contribution in [1.29, 1.82) is 0 Å². The summed E-state index contributed by atoms with van der Waals surface area (Å²) in [6.45, 7) is 1.96. The Balaban J connectivity index is 1.70. The smallest absolute Gasteiger partial charge is 0.343 e. The number of rotatable bonds is 7. The summed E-state index contributed by atoms with van der Waals surface area (Å²) in [7, 11) is 0. The van der Waals surface area contributed by atoms with E-state index in [4.69, 9.17) is 4.74 Å². The maximum atomic E-state index is 12.0. The van der Waals surface area contributed by atoms with E-state index in [0.717, 1.165) is 27.6 Å². The van der Waals surface area contributed by atoms with Gasteiger partial charge in [-0.15, -0.1) is 0 Å². The van der Waals surface area contributed by atoms with Gasteiger partial charge in [-0.3, -0.25) is 15.1 Å². The Morgan fingerprint density at radius 3 is 2.75 bits per heavy atom. The second kappa shape index (κ2) is 9.40. The molecular formula is C22H17N5O4S. The van der Waals surface area contributed by atoms with Gasteiger partial charge in [0, 0.05) is 22.2 Å². The van der Waals surface area contributed by atoms with E-state index in [-0.39, 0.29) is 23.1 Å². The number of esters is 1. The van der Waals surface area contributed by atoms with Gasteiger partial charge in [0.05, 0.1) is 22.6 Å². The third kappa shape index (κ3) is 4.49. The minimum absolute atomic E-state index is 0.0155. The van der Waals surface area contributed by atoms with Crippen molar-refractivity contribution < 1.29 is 14.5 Å². The minimum atomic E-state index is -0.529. The first-order chi connectivity index (χ1) is 15.6. The predicted molar refractivity (Wildman–Crippen MR) is 120 cm³/mol. The lowest BCUT2D eigenvalue weighted by atomic mass is 10.2. The Bertz CT molecular complexity index is 1310. The van der Waals surface area contributed by atoms with E-state index in [1.165, 1.54) is 6.33 Å². The topological polar surface area (TPSA) is 120 Å². The van der Waals surface area contributed by atoms with Crippen molar-refractivity contribution in [3.63, 3.8) is 0 Å². The van der Waals surface area contributed by atoms with Crippen LogP contribution in [0.25, 0.3) is 10.9 Å². The minimum Gasteiger partial charge on any atom is -0.462 e. The second-order valence-corrected chi connectivity index (χ2v) is 7.52. The van der Waals surface area contributed by atoms with E-state index < -0.39 is 10.9 Å². The van der Waals surface area contributed by atoms with Gasteiger partial charge in [-0.05, 0) is 37.3 Å². The normalized spacial score (nSPS) is 10.7. The number of carbonyl (C=O) groups excluding carboxylic acids is 1. The van der Waals surface area contributed by atoms with Crippen LogP contribution in [0.2, 0.25) is 0 Å². The Kier molecular flexibility index (Phi) is 6.22. The quantitative estimate of drug-likeness (QED) is 0.180. The summed E-state index contributed by atoms with van der Waals surface area (Å²) in [5.74, 6) is -0.463.